The van der Waals surface area contributed by atoms with Gasteiger partial charge in [0.05, 0.1) is 0 Å². The maximum atomic E-state index is 5.13. The highest BCUT2D eigenvalue weighted by Crippen LogP contribution is 1.76. The van der Waals surface area contributed by atoms with Crippen molar-refractivity contribution in [2.24, 2.45) is 15.9 Å². The molecule has 0 heterocycles. The number of hydrogen-bond acceptors (Lipinski definition) is 3. The lowest BCUT2D eigenvalue weighted by molar-refractivity contribution is 0.371. The summed E-state index contributed by atoms with van der Waals surface area (Å²) in [7, 11) is 1.62. The largest absolute Gasteiger partial charge is 0.248 e. The zero-order valence-corrected chi connectivity index (χ0v) is 5.13. The van der Waals surface area contributed by atoms with E-state index in [1.54, 1.807) is 14.0 Å². The summed E-state index contributed by atoms with van der Waals surface area (Å²) in [5.41, 5.74) is 0. The van der Waals surface area contributed by atoms with E-state index in [-0.39, 0.29) is 0 Å². The van der Waals surface area contributed by atoms with Crippen LogP contribution in [0.25, 0.3) is 0 Å². The normalized spacial score (nSPS) is 11.1. The first-order chi connectivity index (χ1) is 3.66. The standard InChI is InChI=1S/C4H10N4/c1-4(6-2)7-8(3)5/h2,5H2,1,3H3/b7-4-. The molecule has 0 saturated carbocycles. The third kappa shape index (κ3) is 3.30. The van der Waals surface area contributed by atoms with Gasteiger partial charge in [-0.2, -0.15) is 0 Å². The van der Waals surface area contributed by atoms with Crippen LogP contribution >= 0.6 is 0 Å². The number of rotatable bonds is 1. The van der Waals surface area contributed by atoms with Crippen LogP contribution in [0.2, 0.25) is 0 Å². The first-order valence-corrected chi connectivity index (χ1v) is 2.17. The molecule has 0 radical (unpaired) electrons. The summed E-state index contributed by atoms with van der Waals surface area (Å²) in [5, 5.41) is 4.88. The molecule has 46 valence electrons. The Balaban J connectivity index is 3.74. The highest BCUT2D eigenvalue weighted by molar-refractivity contribution is 5.83. The van der Waals surface area contributed by atoms with Gasteiger partial charge in [0, 0.05) is 7.05 Å². The summed E-state index contributed by atoms with van der Waals surface area (Å²) in [6.07, 6.45) is 0. The molecule has 0 spiro atoms. The fraction of sp³-hybridized carbons (Fsp3) is 0.500. The molecule has 0 unspecified atom stereocenters. The lowest BCUT2D eigenvalue weighted by Gasteiger charge is -2.01. The monoisotopic (exact) mass is 114 g/mol. The van der Waals surface area contributed by atoms with Crippen LogP contribution in [0, 0.1) is 0 Å². The quantitative estimate of drug-likeness (QED) is 0.222. The lowest BCUT2D eigenvalue weighted by Crippen LogP contribution is -2.20. The maximum absolute atomic E-state index is 5.13. The van der Waals surface area contributed by atoms with E-state index in [0.29, 0.717) is 5.84 Å². The van der Waals surface area contributed by atoms with Crippen molar-refractivity contribution < 1.29 is 0 Å². The number of hydrazine groups is 1. The molecule has 0 atom stereocenters. The van der Waals surface area contributed by atoms with Gasteiger partial charge in [0.15, 0.2) is 0 Å². The van der Waals surface area contributed by atoms with Gasteiger partial charge in [-0.1, -0.05) is 0 Å². The Hall–Kier alpha value is -0.900. The molecule has 4 nitrogen and oxygen atoms in total. The molecule has 0 fully saturated rings. The summed E-state index contributed by atoms with van der Waals surface area (Å²) in [6.45, 7) is 4.97. The van der Waals surface area contributed by atoms with Gasteiger partial charge in [-0.25, -0.2) is 16.0 Å². The Morgan fingerprint density at radius 1 is 1.75 bits per heavy atom. The number of nitrogens with zero attached hydrogens (tertiary/aromatic N) is 3. The predicted octanol–water partition coefficient (Wildman–Crippen LogP) is -0.174. The molecule has 0 aliphatic rings. The van der Waals surface area contributed by atoms with Crippen molar-refractivity contribution in [2.75, 3.05) is 7.05 Å². The van der Waals surface area contributed by atoms with Crippen LogP contribution in [0.15, 0.2) is 10.1 Å². The zero-order chi connectivity index (χ0) is 6.57. The Kier molecular flexibility index (Phi) is 2.79. The van der Waals surface area contributed by atoms with Gasteiger partial charge in [0.2, 0.25) is 0 Å². The van der Waals surface area contributed by atoms with Crippen molar-refractivity contribution in [2.45, 2.75) is 6.92 Å². The van der Waals surface area contributed by atoms with E-state index in [0.717, 1.165) is 0 Å². The second kappa shape index (κ2) is 3.15. The molecular weight excluding hydrogens is 104 g/mol. The van der Waals surface area contributed by atoms with Crippen molar-refractivity contribution in [3.63, 3.8) is 0 Å². The maximum Gasteiger partial charge on any atom is 0.146 e. The third-order valence-corrected chi connectivity index (χ3v) is 0.531. The van der Waals surface area contributed by atoms with Crippen molar-refractivity contribution >= 4 is 12.6 Å². The second-order valence-electron chi connectivity index (χ2n) is 1.38. The van der Waals surface area contributed by atoms with Crippen molar-refractivity contribution in [1.29, 1.82) is 0 Å². The van der Waals surface area contributed by atoms with Gasteiger partial charge in [-0.05, 0) is 13.6 Å². The minimum Gasteiger partial charge on any atom is -0.248 e. The van der Waals surface area contributed by atoms with Crippen LogP contribution in [0.4, 0.5) is 0 Å². The fourth-order valence-electron chi connectivity index (χ4n) is 0.260. The van der Waals surface area contributed by atoms with Crippen LogP contribution in [-0.2, 0) is 0 Å². The van der Waals surface area contributed by atoms with Crippen LogP contribution in [-0.4, -0.2) is 24.7 Å². The minimum absolute atomic E-state index is 0.565. The molecule has 0 rings (SSSR count). The Morgan fingerprint density at radius 2 is 2.25 bits per heavy atom. The lowest BCUT2D eigenvalue weighted by atomic mass is 10.7. The number of hydrogen-bond donors (Lipinski definition) is 1. The number of hydrazone groups is 1. The SMILES string of the molecule is C=N/C(C)=N\N(C)N. The van der Waals surface area contributed by atoms with E-state index in [9.17, 15) is 0 Å². The minimum atomic E-state index is 0.565. The average Bonchev–Trinajstić information content (AvgIpc) is 1.65. The van der Waals surface area contributed by atoms with Crippen LogP contribution < -0.4 is 5.84 Å². The Morgan fingerprint density at radius 3 is 2.38 bits per heavy atom. The average molecular weight is 114 g/mol. The topological polar surface area (TPSA) is 54.0 Å². The second-order valence-corrected chi connectivity index (χ2v) is 1.38. The molecule has 0 aromatic heterocycles. The molecular formula is C4H10N4. The van der Waals surface area contributed by atoms with E-state index in [1.165, 1.54) is 5.12 Å². The van der Waals surface area contributed by atoms with E-state index in [4.69, 9.17) is 5.84 Å². The van der Waals surface area contributed by atoms with Crippen LogP contribution in [0.3, 0.4) is 0 Å². The molecule has 0 aromatic rings. The smallest absolute Gasteiger partial charge is 0.146 e. The summed E-state index contributed by atoms with van der Waals surface area (Å²) in [5.74, 6) is 5.69. The number of nitrogens with two attached hydrogens (primary N) is 1. The number of amidine groups is 1. The van der Waals surface area contributed by atoms with E-state index in [1.807, 2.05) is 0 Å². The molecule has 0 aliphatic carbocycles. The Labute approximate surface area is 48.7 Å². The highest BCUT2D eigenvalue weighted by atomic mass is 15.6. The van der Waals surface area contributed by atoms with Crippen molar-refractivity contribution in [3.05, 3.63) is 0 Å². The first-order valence-electron chi connectivity index (χ1n) is 2.17. The molecule has 0 aliphatic heterocycles. The Bertz CT molecular complexity index is 105. The molecule has 8 heavy (non-hydrogen) atoms. The molecule has 2 N–H and O–H groups in total. The van der Waals surface area contributed by atoms with Gasteiger partial charge in [-0.15, -0.1) is 5.10 Å². The van der Waals surface area contributed by atoms with Crippen molar-refractivity contribution in [3.8, 4) is 0 Å². The van der Waals surface area contributed by atoms with Gasteiger partial charge in [-0.3, -0.25) is 0 Å². The van der Waals surface area contributed by atoms with E-state index >= 15 is 0 Å². The fourth-order valence-corrected chi connectivity index (χ4v) is 0.260. The summed E-state index contributed by atoms with van der Waals surface area (Å²) >= 11 is 0. The predicted molar refractivity (Wildman–Crippen MR) is 34.6 cm³/mol. The van der Waals surface area contributed by atoms with Gasteiger partial charge < -0.3 is 0 Å². The van der Waals surface area contributed by atoms with E-state index < -0.39 is 0 Å². The molecule has 0 amide bonds. The zero-order valence-electron chi connectivity index (χ0n) is 5.13. The molecule has 0 aromatic carbocycles. The van der Waals surface area contributed by atoms with Gasteiger partial charge in [0.25, 0.3) is 0 Å². The summed E-state index contributed by atoms with van der Waals surface area (Å²) in [4.78, 5) is 3.51. The van der Waals surface area contributed by atoms with Gasteiger partial charge >= 0.3 is 0 Å². The van der Waals surface area contributed by atoms with Crippen LogP contribution in [0.5, 0.6) is 0 Å². The van der Waals surface area contributed by atoms with Crippen molar-refractivity contribution in [1.82, 2.24) is 5.12 Å². The summed E-state index contributed by atoms with van der Waals surface area (Å²) in [6, 6.07) is 0. The summed E-state index contributed by atoms with van der Waals surface area (Å²) < 4.78 is 0. The third-order valence-electron chi connectivity index (χ3n) is 0.531. The molecule has 0 saturated heterocycles. The van der Waals surface area contributed by atoms with Gasteiger partial charge in [0.1, 0.15) is 5.84 Å². The molecule has 0 bridgehead atoms. The molecule has 4 heteroatoms. The van der Waals surface area contributed by atoms with E-state index in [2.05, 4.69) is 16.8 Å². The van der Waals surface area contributed by atoms with Crippen LogP contribution in [0.1, 0.15) is 6.92 Å². The number of aliphatic imine (C=N–C) groups is 1. The first kappa shape index (κ1) is 7.10. The highest BCUT2D eigenvalue weighted by Gasteiger charge is 1.81.